The molecule has 3 N–H and O–H groups in total. The largest absolute Gasteiger partial charge is 0.395 e. The van der Waals surface area contributed by atoms with Crippen LogP contribution < -0.4 is 5.32 Å². The average Bonchev–Trinajstić information content (AvgIpc) is 3.12. The molecule has 0 fully saturated rings. The molecule has 3 aromatic rings. The maximum absolute atomic E-state index is 11.6. The van der Waals surface area contributed by atoms with Crippen molar-refractivity contribution in [1.29, 1.82) is 0 Å². The molecular formula is C13H12N4O3. The number of rotatable bonds is 4. The van der Waals surface area contributed by atoms with Crippen LogP contribution in [0.25, 0.3) is 22.3 Å². The van der Waals surface area contributed by atoms with Crippen molar-refractivity contribution in [3.05, 3.63) is 36.4 Å². The summed E-state index contributed by atoms with van der Waals surface area (Å²) in [4.78, 5) is 18.8. The Hall–Kier alpha value is -2.67. The molecular weight excluding hydrogens is 260 g/mol. The van der Waals surface area contributed by atoms with Crippen LogP contribution in [-0.4, -0.2) is 39.3 Å². The standard InChI is InChI=1S/C13H12N4O3/c18-7-6-15-12(19)13-16-11(17-20-13)9-2-1-3-10-8(9)4-5-14-10/h1-5,14,18H,6-7H2,(H,15,19). The van der Waals surface area contributed by atoms with E-state index in [1.807, 2.05) is 30.5 Å². The lowest BCUT2D eigenvalue weighted by atomic mass is 10.1. The lowest BCUT2D eigenvalue weighted by molar-refractivity contribution is 0.0901. The predicted molar refractivity (Wildman–Crippen MR) is 71.0 cm³/mol. The van der Waals surface area contributed by atoms with E-state index in [0.29, 0.717) is 5.82 Å². The number of aromatic amines is 1. The first kappa shape index (κ1) is 12.4. The van der Waals surface area contributed by atoms with Crippen LogP contribution >= 0.6 is 0 Å². The van der Waals surface area contributed by atoms with Crippen LogP contribution in [0.2, 0.25) is 0 Å². The van der Waals surface area contributed by atoms with Crippen molar-refractivity contribution in [2.24, 2.45) is 0 Å². The topological polar surface area (TPSA) is 104 Å². The molecule has 102 valence electrons. The number of carbonyl (C=O) groups excluding carboxylic acids is 1. The van der Waals surface area contributed by atoms with E-state index >= 15 is 0 Å². The van der Waals surface area contributed by atoms with Crippen molar-refractivity contribution in [1.82, 2.24) is 20.4 Å². The van der Waals surface area contributed by atoms with Crippen molar-refractivity contribution in [2.45, 2.75) is 0 Å². The number of hydrogen-bond donors (Lipinski definition) is 3. The van der Waals surface area contributed by atoms with Crippen LogP contribution in [0.5, 0.6) is 0 Å². The Kier molecular flexibility index (Phi) is 3.18. The number of H-pyrrole nitrogens is 1. The first-order valence-electron chi connectivity index (χ1n) is 6.09. The number of aliphatic hydroxyl groups is 1. The smallest absolute Gasteiger partial charge is 0.316 e. The molecule has 0 atom stereocenters. The molecule has 2 aromatic heterocycles. The van der Waals surface area contributed by atoms with Crippen molar-refractivity contribution in [3.63, 3.8) is 0 Å². The summed E-state index contributed by atoms with van der Waals surface area (Å²) in [5, 5.41) is 15.9. The van der Waals surface area contributed by atoms with Gasteiger partial charge in [-0.1, -0.05) is 17.3 Å². The molecule has 0 aliphatic carbocycles. The van der Waals surface area contributed by atoms with Gasteiger partial charge in [0.1, 0.15) is 0 Å². The molecule has 2 heterocycles. The van der Waals surface area contributed by atoms with E-state index in [1.54, 1.807) is 0 Å². The summed E-state index contributed by atoms with van der Waals surface area (Å²) < 4.78 is 4.94. The zero-order valence-electron chi connectivity index (χ0n) is 10.5. The number of hydrogen-bond acceptors (Lipinski definition) is 5. The quantitative estimate of drug-likeness (QED) is 0.655. The van der Waals surface area contributed by atoms with Crippen molar-refractivity contribution >= 4 is 16.8 Å². The van der Waals surface area contributed by atoms with Crippen LogP contribution in [0, 0.1) is 0 Å². The second kappa shape index (κ2) is 5.14. The monoisotopic (exact) mass is 272 g/mol. The first-order chi connectivity index (χ1) is 9.79. The van der Waals surface area contributed by atoms with Gasteiger partial charge in [0, 0.05) is 29.2 Å². The van der Waals surface area contributed by atoms with Gasteiger partial charge in [-0.05, 0) is 12.1 Å². The van der Waals surface area contributed by atoms with Crippen LogP contribution in [0.15, 0.2) is 35.0 Å². The Balaban J connectivity index is 1.94. The molecule has 3 rings (SSSR count). The highest BCUT2D eigenvalue weighted by molar-refractivity contribution is 5.94. The molecule has 0 unspecified atom stereocenters. The van der Waals surface area contributed by atoms with Gasteiger partial charge < -0.3 is 19.9 Å². The third kappa shape index (κ3) is 2.14. The van der Waals surface area contributed by atoms with Gasteiger partial charge in [0.15, 0.2) is 0 Å². The second-order valence-corrected chi connectivity index (χ2v) is 4.15. The minimum atomic E-state index is -0.501. The Morgan fingerprint density at radius 2 is 2.30 bits per heavy atom. The maximum atomic E-state index is 11.6. The number of fused-ring (bicyclic) bond motifs is 1. The fourth-order valence-electron chi connectivity index (χ4n) is 1.95. The zero-order valence-corrected chi connectivity index (χ0v) is 10.5. The Morgan fingerprint density at radius 3 is 3.15 bits per heavy atom. The number of nitrogens with zero attached hydrogens (tertiary/aromatic N) is 2. The molecule has 0 spiro atoms. The third-order valence-electron chi connectivity index (χ3n) is 2.85. The van der Waals surface area contributed by atoms with E-state index in [9.17, 15) is 4.79 Å². The summed E-state index contributed by atoms with van der Waals surface area (Å²) in [6.45, 7) is -0.000663. The van der Waals surface area contributed by atoms with Crippen molar-refractivity contribution in [2.75, 3.05) is 13.2 Å². The van der Waals surface area contributed by atoms with Crippen LogP contribution in [0.1, 0.15) is 10.7 Å². The first-order valence-corrected chi connectivity index (χ1v) is 6.09. The normalized spacial score (nSPS) is 10.8. The van der Waals surface area contributed by atoms with Crippen molar-refractivity contribution in [3.8, 4) is 11.4 Å². The van der Waals surface area contributed by atoms with Gasteiger partial charge in [-0.25, -0.2) is 0 Å². The summed E-state index contributed by atoms with van der Waals surface area (Å²) in [6.07, 6.45) is 1.82. The molecule has 0 saturated heterocycles. The minimum absolute atomic E-state index is 0.124. The fraction of sp³-hybridized carbons (Fsp3) is 0.154. The highest BCUT2D eigenvalue weighted by Crippen LogP contribution is 2.25. The minimum Gasteiger partial charge on any atom is -0.395 e. The predicted octanol–water partition coefficient (Wildman–Crippen LogP) is 0.940. The van der Waals surface area contributed by atoms with Gasteiger partial charge in [-0.2, -0.15) is 4.98 Å². The summed E-state index contributed by atoms with van der Waals surface area (Å²) in [5.74, 6) is -0.274. The third-order valence-corrected chi connectivity index (χ3v) is 2.85. The van der Waals surface area contributed by atoms with Gasteiger partial charge in [0.05, 0.1) is 6.61 Å². The Morgan fingerprint density at radius 1 is 1.40 bits per heavy atom. The van der Waals surface area contributed by atoms with Gasteiger partial charge in [-0.15, -0.1) is 0 Å². The van der Waals surface area contributed by atoms with E-state index in [0.717, 1.165) is 16.5 Å². The number of benzene rings is 1. The molecule has 0 aliphatic rings. The molecule has 0 bridgehead atoms. The number of nitrogens with one attached hydrogen (secondary N) is 2. The zero-order chi connectivity index (χ0) is 13.9. The summed E-state index contributed by atoms with van der Waals surface area (Å²) in [7, 11) is 0. The van der Waals surface area contributed by atoms with Gasteiger partial charge >= 0.3 is 11.8 Å². The number of amides is 1. The molecule has 1 amide bonds. The second-order valence-electron chi connectivity index (χ2n) is 4.15. The molecule has 0 radical (unpaired) electrons. The van der Waals surface area contributed by atoms with Gasteiger partial charge in [-0.3, -0.25) is 4.79 Å². The van der Waals surface area contributed by atoms with Crippen LogP contribution in [0.3, 0.4) is 0 Å². The molecule has 20 heavy (non-hydrogen) atoms. The summed E-state index contributed by atoms with van der Waals surface area (Å²) in [5.41, 5.74) is 1.74. The number of aromatic nitrogens is 3. The fourth-order valence-corrected chi connectivity index (χ4v) is 1.95. The highest BCUT2D eigenvalue weighted by atomic mass is 16.5. The Bertz CT molecular complexity index is 747. The SMILES string of the molecule is O=C(NCCO)c1nc(-c2cccc3[nH]ccc23)no1. The van der Waals surface area contributed by atoms with E-state index < -0.39 is 5.91 Å². The van der Waals surface area contributed by atoms with E-state index in [2.05, 4.69) is 20.4 Å². The average molecular weight is 272 g/mol. The number of carbonyl (C=O) groups is 1. The lowest BCUT2D eigenvalue weighted by Crippen LogP contribution is -2.26. The molecule has 1 aromatic carbocycles. The van der Waals surface area contributed by atoms with Crippen LogP contribution in [0.4, 0.5) is 0 Å². The molecule has 7 nitrogen and oxygen atoms in total. The Labute approximate surface area is 113 Å². The lowest BCUT2D eigenvalue weighted by Gasteiger charge is -1.97. The molecule has 7 heteroatoms. The number of aliphatic hydroxyl groups excluding tert-OH is 1. The van der Waals surface area contributed by atoms with E-state index in [-0.39, 0.29) is 19.0 Å². The van der Waals surface area contributed by atoms with Gasteiger partial charge in [0.2, 0.25) is 5.82 Å². The van der Waals surface area contributed by atoms with E-state index in [1.165, 1.54) is 0 Å². The molecule has 0 aliphatic heterocycles. The summed E-state index contributed by atoms with van der Waals surface area (Å²) in [6, 6.07) is 7.58. The summed E-state index contributed by atoms with van der Waals surface area (Å²) >= 11 is 0. The van der Waals surface area contributed by atoms with Crippen LogP contribution in [-0.2, 0) is 0 Å². The molecule has 0 saturated carbocycles. The van der Waals surface area contributed by atoms with E-state index in [4.69, 9.17) is 9.63 Å². The maximum Gasteiger partial charge on any atom is 0.316 e. The van der Waals surface area contributed by atoms with Gasteiger partial charge in [0.25, 0.3) is 0 Å². The van der Waals surface area contributed by atoms with Crippen molar-refractivity contribution < 1.29 is 14.4 Å². The highest BCUT2D eigenvalue weighted by Gasteiger charge is 2.16.